The van der Waals surface area contributed by atoms with E-state index >= 15 is 0 Å². The standard InChI is InChI=1S/Co.2HI.2O.Ru/h;2*1H;;;/q+2;;;;;/p-2. The monoisotopic (exact) mass is 447 g/mol. The van der Waals surface area contributed by atoms with Gasteiger partial charge in [0.15, 0.2) is 0 Å². The van der Waals surface area contributed by atoms with Gasteiger partial charge in [0.05, 0.1) is 0 Å². The fraction of sp³-hybridized carbons (Fsp3) is 0. The van der Waals surface area contributed by atoms with Crippen LogP contribution < -0.4 is 0 Å². The molecule has 0 spiro atoms. The summed E-state index contributed by atoms with van der Waals surface area (Å²) in [6.07, 6.45) is 0. The van der Waals surface area contributed by atoms with Crippen molar-refractivity contribution >= 4 is 40.8 Å². The summed E-state index contributed by atoms with van der Waals surface area (Å²) in [6.45, 7) is 0. The Kier molecular flexibility index (Phi) is 28.9. The summed E-state index contributed by atoms with van der Waals surface area (Å²) in [5.74, 6) is 0. The quantitative estimate of drug-likeness (QED) is 0.419. The Labute approximate surface area is 71.9 Å². The van der Waals surface area contributed by atoms with E-state index in [-0.39, 0.29) is 0 Å². The Hall–Kier alpha value is 2.19. The zero-order chi connectivity index (χ0) is 5.41. The van der Waals surface area contributed by atoms with E-state index in [0.717, 1.165) is 0 Å². The van der Waals surface area contributed by atoms with Gasteiger partial charge in [-0.1, -0.05) is 0 Å². The molecule has 0 saturated carbocycles. The molecule has 0 fully saturated rings. The Morgan fingerprint density at radius 3 is 1.33 bits per heavy atom. The molecule has 6 heavy (non-hydrogen) atoms. The van der Waals surface area contributed by atoms with Crippen molar-refractivity contribution in [1.82, 2.24) is 0 Å². The molecule has 0 rings (SSSR count). The summed E-state index contributed by atoms with van der Waals surface area (Å²) in [5, 5.41) is 0. The molecule has 0 aromatic carbocycles. The van der Waals surface area contributed by atoms with Gasteiger partial charge < -0.3 is 0 Å². The third kappa shape index (κ3) is 34.8. The summed E-state index contributed by atoms with van der Waals surface area (Å²) >= 11 is 2.70. The van der Waals surface area contributed by atoms with Gasteiger partial charge in [0.25, 0.3) is 0 Å². The van der Waals surface area contributed by atoms with Gasteiger partial charge in [-0.3, -0.25) is 0 Å². The fourth-order valence-corrected chi connectivity index (χ4v) is 0. The van der Waals surface area contributed by atoms with Crippen molar-refractivity contribution in [3.05, 3.63) is 0 Å². The molecule has 0 bridgehead atoms. The maximum atomic E-state index is 8.46. The van der Waals surface area contributed by atoms with Crippen LogP contribution >= 0.6 is 40.8 Å². The Morgan fingerprint density at radius 2 is 1.33 bits per heavy atom. The fourth-order valence-electron chi connectivity index (χ4n) is 0. The van der Waals surface area contributed by atoms with Crippen LogP contribution in [0.1, 0.15) is 0 Å². The Balaban J connectivity index is 0. The summed E-state index contributed by atoms with van der Waals surface area (Å²) in [5.41, 5.74) is 0. The molecule has 6 heteroatoms. The molecular weight excluding hydrogens is 446 g/mol. The van der Waals surface area contributed by atoms with E-state index in [1.54, 1.807) is 0 Å². The molecule has 0 aromatic heterocycles. The van der Waals surface area contributed by atoms with Crippen LogP contribution in [-0.4, -0.2) is 0 Å². The summed E-state index contributed by atoms with van der Waals surface area (Å²) in [4.78, 5) is 0. The van der Waals surface area contributed by atoms with Crippen molar-refractivity contribution < 1.29 is 32.4 Å². The van der Waals surface area contributed by atoms with Crippen LogP contribution in [0.5, 0.6) is 0 Å². The molecule has 0 radical (unpaired) electrons. The van der Waals surface area contributed by atoms with Crippen LogP contribution in [-0.2, 0) is 32.4 Å². The number of hydrogen-bond acceptors (Lipinski definition) is 2. The van der Waals surface area contributed by atoms with Gasteiger partial charge >= 0.3 is 73.3 Å². The topological polar surface area (TPSA) is 34.1 Å². The van der Waals surface area contributed by atoms with E-state index < -0.39 is 17.0 Å². The molecule has 0 aromatic rings. The second-order valence-electron chi connectivity index (χ2n) is 0.107. The van der Waals surface area contributed by atoms with Crippen LogP contribution in [0.25, 0.3) is 0 Å². The summed E-state index contributed by atoms with van der Waals surface area (Å²) in [6, 6.07) is 0. The minimum absolute atomic E-state index is 1.38. The molecule has 0 atom stereocenters. The van der Waals surface area contributed by atoms with E-state index in [4.69, 9.17) is 7.15 Å². The molecule has 0 aliphatic heterocycles. The molecule has 0 saturated heterocycles. The molecule has 0 unspecified atom stereocenters. The van der Waals surface area contributed by atoms with Gasteiger partial charge in [-0.25, -0.2) is 0 Å². The average molecular weight is 446 g/mol. The van der Waals surface area contributed by atoms with Crippen LogP contribution in [0.15, 0.2) is 0 Å². The van der Waals surface area contributed by atoms with E-state index in [9.17, 15) is 0 Å². The SMILES string of the molecule is [I][Co][I].[O]=[Ru]=[O]. The first-order valence-corrected chi connectivity index (χ1v) is 8.68. The van der Waals surface area contributed by atoms with Crippen LogP contribution in [0.3, 0.4) is 0 Å². The Bertz CT molecular complexity index is 40.8. The van der Waals surface area contributed by atoms with E-state index in [1.165, 1.54) is 8.26 Å². The second kappa shape index (κ2) is 15.7. The van der Waals surface area contributed by atoms with Gasteiger partial charge in [0.2, 0.25) is 0 Å². The molecule has 43 valence electrons. The number of halogens is 2. The molecular formula is CoI2O2Ru. The van der Waals surface area contributed by atoms with Crippen LogP contribution in [0.4, 0.5) is 0 Å². The second-order valence-corrected chi connectivity index (χ2v) is 9.18. The number of rotatable bonds is 0. The maximum absolute atomic E-state index is 8.46. The third-order valence-electron chi connectivity index (χ3n) is 0. The number of hydrogen-bond donors (Lipinski definition) is 0. The van der Waals surface area contributed by atoms with Gasteiger partial charge in [0.1, 0.15) is 0 Å². The van der Waals surface area contributed by atoms with E-state index in [1.807, 2.05) is 0 Å². The van der Waals surface area contributed by atoms with Gasteiger partial charge in [-0.2, -0.15) is 0 Å². The molecule has 0 N–H and O–H groups in total. The zero-order valence-corrected chi connectivity index (χ0v) is 9.35. The normalized spacial score (nSPS) is 6.33. The van der Waals surface area contributed by atoms with Crippen LogP contribution in [0, 0.1) is 0 Å². The zero-order valence-electron chi connectivity index (χ0n) is 2.26. The van der Waals surface area contributed by atoms with E-state index in [0.29, 0.717) is 0 Å². The first-order valence-electron chi connectivity index (χ1n) is 0.541. The summed E-state index contributed by atoms with van der Waals surface area (Å²) in [7, 11) is 1.38. The molecule has 0 amide bonds. The minimum atomic E-state index is -1.79. The van der Waals surface area contributed by atoms with Crippen molar-refractivity contribution in [3.8, 4) is 0 Å². The van der Waals surface area contributed by atoms with Crippen LogP contribution in [0.2, 0.25) is 0 Å². The molecule has 2 nitrogen and oxygen atoms in total. The van der Waals surface area contributed by atoms with Crippen molar-refractivity contribution in [3.63, 3.8) is 0 Å². The Morgan fingerprint density at radius 1 is 1.33 bits per heavy atom. The van der Waals surface area contributed by atoms with Gasteiger partial charge in [0, 0.05) is 0 Å². The predicted octanol–water partition coefficient (Wildman–Crippen LogP) is 1.53. The summed E-state index contributed by atoms with van der Waals surface area (Å²) < 4.78 is 16.9. The van der Waals surface area contributed by atoms with E-state index in [2.05, 4.69) is 40.8 Å². The van der Waals surface area contributed by atoms with Crippen molar-refractivity contribution in [1.29, 1.82) is 0 Å². The molecule has 0 heterocycles. The first kappa shape index (κ1) is 11.0. The predicted molar refractivity (Wildman–Crippen MR) is 29.4 cm³/mol. The van der Waals surface area contributed by atoms with Crippen molar-refractivity contribution in [2.24, 2.45) is 0 Å². The first-order chi connectivity index (χ1) is 2.83. The molecule has 0 aliphatic carbocycles. The van der Waals surface area contributed by atoms with Gasteiger partial charge in [-0.05, 0) is 0 Å². The van der Waals surface area contributed by atoms with Crippen molar-refractivity contribution in [2.75, 3.05) is 0 Å². The van der Waals surface area contributed by atoms with Gasteiger partial charge in [-0.15, -0.1) is 0 Å². The molecule has 0 aliphatic rings. The average Bonchev–Trinajstić information content (AvgIpc) is 1.39. The van der Waals surface area contributed by atoms with Crippen molar-refractivity contribution in [2.45, 2.75) is 0 Å². The third-order valence-corrected chi connectivity index (χ3v) is 0.